The van der Waals surface area contributed by atoms with Crippen LogP contribution in [0.3, 0.4) is 0 Å². The average Bonchev–Trinajstić information content (AvgIpc) is 2.39. The largest absolute Gasteiger partial charge is 0.489 e. The fourth-order valence-corrected chi connectivity index (χ4v) is 1.44. The molecule has 1 aromatic carbocycles. The second-order valence-corrected chi connectivity index (χ2v) is 3.36. The van der Waals surface area contributed by atoms with Crippen molar-refractivity contribution in [1.82, 2.24) is 5.32 Å². The van der Waals surface area contributed by atoms with Crippen molar-refractivity contribution in [3.8, 4) is 5.75 Å². The van der Waals surface area contributed by atoms with Gasteiger partial charge in [-0.3, -0.25) is 4.79 Å². The van der Waals surface area contributed by atoms with Gasteiger partial charge in [-0.25, -0.2) is 4.79 Å². The summed E-state index contributed by atoms with van der Waals surface area (Å²) in [6.07, 6.45) is 0. The number of para-hydroxylation sites is 2. The van der Waals surface area contributed by atoms with Crippen LogP contribution in [0, 0.1) is 0 Å². The van der Waals surface area contributed by atoms with Gasteiger partial charge in [0.1, 0.15) is 18.4 Å². The van der Waals surface area contributed by atoms with E-state index in [9.17, 15) is 9.59 Å². The first-order valence-electron chi connectivity index (χ1n) is 4.75. The van der Waals surface area contributed by atoms with Crippen LogP contribution in [0.25, 0.3) is 0 Å². The number of primary amides is 1. The van der Waals surface area contributed by atoms with Gasteiger partial charge in [-0.05, 0) is 12.1 Å². The molecular formula is C10H11N3O3. The van der Waals surface area contributed by atoms with Crippen LogP contribution < -0.4 is 21.1 Å². The zero-order valence-electron chi connectivity index (χ0n) is 8.40. The van der Waals surface area contributed by atoms with Crippen LogP contribution in [0.4, 0.5) is 10.5 Å². The molecule has 0 saturated carbocycles. The zero-order chi connectivity index (χ0) is 11.5. The Bertz CT molecular complexity index is 433. The van der Waals surface area contributed by atoms with E-state index in [4.69, 9.17) is 10.5 Å². The van der Waals surface area contributed by atoms with E-state index in [1.54, 1.807) is 24.3 Å². The normalized spacial score (nSPS) is 18.8. The van der Waals surface area contributed by atoms with E-state index in [-0.39, 0.29) is 12.5 Å². The van der Waals surface area contributed by atoms with E-state index in [2.05, 4.69) is 10.6 Å². The summed E-state index contributed by atoms with van der Waals surface area (Å²) in [5.41, 5.74) is 5.54. The lowest BCUT2D eigenvalue weighted by Crippen LogP contribution is -2.48. The molecule has 0 saturated heterocycles. The smallest absolute Gasteiger partial charge is 0.312 e. The predicted molar refractivity (Wildman–Crippen MR) is 57.1 cm³/mol. The van der Waals surface area contributed by atoms with Crippen LogP contribution in [-0.2, 0) is 4.79 Å². The van der Waals surface area contributed by atoms with Crippen molar-refractivity contribution in [2.45, 2.75) is 6.04 Å². The maximum atomic E-state index is 11.7. The predicted octanol–water partition coefficient (Wildman–Crippen LogP) is 0.0544. The van der Waals surface area contributed by atoms with Gasteiger partial charge >= 0.3 is 6.03 Å². The summed E-state index contributed by atoms with van der Waals surface area (Å²) in [5, 5.41) is 4.95. The Morgan fingerprint density at radius 1 is 1.50 bits per heavy atom. The molecule has 0 fully saturated rings. The average molecular weight is 221 g/mol. The number of hydrogen-bond acceptors (Lipinski definition) is 3. The second-order valence-electron chi connectivity index (χ2n) is 3.36. The van der Waals surface area contributed by atoms with Gasteiger partial charge in [0, 0.05) is 0 Å². The minimum absolute atomic E-state index is 0.0613. The van der Waals surface area contributed by atoms with Crippen LogP contribution in [0.1, 0.15) is 0 Å². The van der Waals surface area contributed by atoms with Gasteiger partial charge in [0.25, 0.3) is 5.91 Å². The molecule has 6 nitrogen and oxygen atoms in total. The SMILES string of the molecule is NC(=O)NC1COc2ccccc2NC1=O. The Labute approximate surface area is 91.8 Å². The standard InChI is InChI=1S/C10H11N3O3/c11-10(15)13-7-5-16-8-4-2-1-3-6(8)12-9(7)14/h1-4,7H,5H2,(H,12,14)(H3,11,13,15). The third-order valence-corrected chi connectivity index (χ3v) is 2.18. The van der Waals surface area contributed by atoms with E-state index in [0.717, 1.165) is 0 Å². The van der Waals surface area contributed by atoms with Gasteiger partial charge in [-0.15, -0.1) is 0 Å². The molecule has 1 atom stereocenters. The number of fused-ring (bicyclic) bond motifs is 1. The van der Waals surface area contributed by atoms with Crippen molar-refractivity contribution < 1.29 is 14.3 Å². The molecule has 0 aromatic heterocycles. The molecule has 0 spiro atoms. The monoisotopic (exact) mass is 221 g/mol. The van der Waals surface area contributed by atoms with E-state index in [1.165, 1.54) is 0 Å². The first-order valence-corrected chi connectivity index (χ1v) is 4.75. The van der Waals surface area contributed by atoms with Crippen LogP contribution in [-0.4, -0.2) is 24.6 Å². The highest BCUT2D eigenvalue weighted by Crippen LogP contribution is 2.25. The van der Waals surface area contributed by atoms with E-state index < -0.39 is 12.1 Å². The van der Waals surface area contributed by atoms with E-state index in [0.29, 0.717) is 11.4 Å². The number of rotatable bonds is 1. The molecule has 0 bridgehead atoms. The molecule has 2 rings (SSSR count). The van der Waals surface area contributed by atoms with Gasteiger partial charge in [0.2, 0.25) is 0 Å². The van der Waals surface area contributed by atoms with Crippen molar-refractivity contribution >= 4 is 17.6 Å². The maximum absolute atomic E-state index is 11.7. The Morgan fingerprint density at radius 2 is 2.25 bits per heavy atom. The quantitative estimate of drug-likeness (QED) is 0.625. The Morgan fingerprint density at radius 3 is 3.00 bits per heavy atom. The molecule has 1 heterocycles. The molecule has 3 amide bonds. The fraction of sp³-hybridized carbons (Fsp3) is 0.200. The number of nitrogens with two attached hydrogens (primary N) is 1. The lowest BCUT2D eigenvalue weighted by Gasteiger charge is -2.12. The van der Waals surface area contributed by atoms with Crippen LogP contribution in [0.15, 0.2) is 24.3 Å². The van der Waals surface area contributed by atoms with Gasteiger partial charge < -0.3 is 21.1 Å². The molecule has 1 aliphatic rings. The number of urea groups is 1. The summed E-state index contributed by atoms with van der Waals surface area (Å²) >= 11 is 0. The minimum Gasteiger partial charge on any atom is -0.489 e. The second kappa shape index (κ2) is 4.09. The number of amides is 3. The van der Waals surface area contributed by atoms with Crippen LogP contribution >= 0.6 is 0 Å². The number of nitrogens with one attached hydrogen (secondary N) is 2. The van der Waals surface area contributed by atoms with E-state index >= 15 is 0 Å². The Hall–Kier alpha value is -2.24. The molecule has 16 heavy (non-hydrogen) atoms. The van der Waals surface area contributed by atoms with Crippen molar-refractivity contribution in [3.63, 3.8) is 0 Å². The molecule has 1 aliphatic heterocycles. The fourth-order valence-electron chi connectivity index (χ4n) is 1.44. The lowest BCUT2D eigenvalue weighted by molar-refractivity contribution is -0.118. The molecule has 0 radical (unpaired) electrons. The van der Waals surface area contributed by atoms with E-state index in [1.807, 2.05) is 0 Å². The zero-order valence-corrected chi connectivity index (χ0v) is 8.40. The topological polar surface area (TPSA) is 93.5 Å². The molecule has 1 aromatic rings. The summed E-state index contributed by atoms with van der Waals surface area (Å²) in [7, 11) is 0. The Balaban J connectivity index is 2.18. The minimum atomic E-state index is -0.773. The van der Waals surface area contributed by atoms with Crippen LogP contribution in [0.5, 0.6) is 5.75 Å². The van der Waals surface area contributed by atoms with Crippen molar-refractivity contribution in [2.75, 3.05) is 11.9 Å². The number of carbonyl (C=O) groups excluding carboxylic acids is 2. The molecule has 4 N–H and O–H groups in total. The molecule has 6 heteroatoms. The number of ether oxygens (including phenoxy) is 1. The Kier molecular flexibility index (Phi) is 2.63. The van der Waals surface area contributed by atoms with Crippen molar-refractivity contribution in [3.05, 3.63) is 24.3 Å². The van der Waals surface area contributed by atoms with Gasteiger partial charge in [-0.2, -0.15) is 0 Å². The molecule has 84 valence electrons. The van der Waals surface area contributed by atoms with Gasteiger partial charge in [0.05, 0.1) is 5.69 Å². The van der Waals surface area contributed by atoms with Gasteiger partial charge in [0.15, 0.2) is 0 Å². The summed E-state index contributed by atoms with van der Waals surface area (Å²) in [5.74, 6) is 0.230. The first kappa shape index (κ1) is 10.3. The number of benzene rings is 1. The first-order chi connectivity index (χ1) is 7.66. The summed E-state index contributed by atoms with van der Waals surface area (Å²) in [6.45, 7) is 0.0613. The van der Waals surface area contributed by atoms with Crippen molar-refractivity contribution in [2.24, 2.45) is 5.73 Å². The van der Waals surface area contributed by atoms with Crippen molar-refractivity contribution in [1.29, 1.82) is 0 Å². The summed E-state index contributed by atoms with van der Waals surface area (Å²) in [6, 6.07) is 5.51. The number of hydrogen-bond donors (Lipinski definition) is 3. The lowest BCUT2D eigenvalue weighted by atomic mass is 10.3. The molecule has 1 unspecified atom stereocenters. The van der Waals surface area contributed by atoms with Crippen LogP contribution in [0.2, 0.25) is 0 Å². The maximum Gasteiger partial charge on any atom is 0.312 e. The highest BCUT2D eigenvalue weighted by Gasteiger charge is 2.25. The van der Waals surface area contributed by atoms with Gasteiger partial charge in [-0.1, -0.05) is 12.1 Å². The summed E-state index contributed by atoms with van der Waals surface area (Å²) in [4.78, 5) is 22.3. The third kappa shape index (κ3) is 2.05. The third-order valence-electron chi connectivity index (χ3n) is 2.18. The highest BCUT2D eigenvalue weighted by atomic mass is 16.5. The summed E-state index contributed by atoms with van der Waals surface area (Å²) < 4.78 is 5.38. The molecule has 0 aliphatic carbocycles. The highest BCUT2D eigenvalue weighted by molar-refractivity contribution is 5.98. The number of carbonyl (C=O) groups is 2. The molecular weight excluding hydrogens is 210 g/mol. The number of anilines is 1.